The summed E-state index contributed by atoms with van der Waals surface area (Å²) >= 11 is 12.2. The van der Waals surface area contributed by atoms with Crippen molar-refractivity contribution in [3.8, 4) is 5.75 Å². The van der Waals surface area contributed by atoms with E-state index in [1.54, 1.807) is 42.5 Å². The Morgan fingerprint density at radius 1 is 1.05 bits per heavy atom. The molecule has 0 bridgehead atoms. The van der Waals surface area contributed by atoms with E-state index in [0.29, 0.717) is 27.9 Å². The third-order valence-corrected chi connectivity index (χ3v) is 7.60. The fourth-order valence-electron chi connectivity index (χ4n) is 3.89. The van der Waals surface area contributed by atoms with E-state index < -0.39 is 16.1 Å². The van der Waals surface area contributed by atoms with Crippen molar-refractivity contribution in [3.05, 3.63) is 58.1 Å². The quantitative estimate of drug-likeness (QED) is 0.369. The smallest absolute Gasteiger partial charge is 0.243 e. The standard InChI is InChI=1S/C26H35Cl2N3O5S/c1-6-24(26(33)29-18(2)3)30(17-19-9-14-22(27)23(28)16-19)25(32)8-7-15-31(37(5,34)35)20-10-12-21(36-4)13-11-20/h9-14,16,18,24H,6-8,15,17H2,1-5H3,(H,29,33)/t24-/m0/s1. The lowest BCUT2D eigenvalue weighted by molar-refractivity contribution is -0.141. The molecule has 2 rings (SSSR count). The second-order valence-electron chi connectivity index (χ2n) is 8.99. The first-order chi connectivity index (χ1) is 17.4. The number of rotatable bonds is 13. The van der Waals surface area contributed by atoms with Crippen LogP contribution in [0.4, 0.5) is 5.69 Å². The summed E-state index contributed by atoms with van der Waals surface area (Å²) < 4.78 is 31.3. The fourth-order valence-corrected chi connectivity index (χ4v) is 5.17. The van der Waals surface area contributed by atoms with Crippen molar-refractivity contribution in [1.82, 2.24) is 10.2 Å². The van der Waals surface area contributed by atoms with Crippen molar-refractivity contribution in [2.45, 2.75) is 58.7 Å². The Morgan fingerprint density at radius 2 is 1.70 bits per heavy atom. The van der Waals surface area contributed by atoms with Crippen LogP contribution in [-0.2, 0) is 26.2 Å². The van der Waals surface area contributed by atoms with Crippen molar-refractivity contribution in [1.29, 1.82) is 0 Å². The number of ether oxygens (including phenoxy) is 1. The molecule has 0 radical (unpaired) electrons. The molecule has 0 spiro atoms. The van der Waals surface area contributed by atoms with Gasteiger partial charge in [-0.15, -0.1) is 0 Å². The predicted octanol–water partition coefficient (Wildman–Crippen LogP) is 4.88. The summed E-state index contributed by atoms with van der Waals surface area (Å²) in [5.41, 5.74) is 1.21. The number of carbonyl (C=O) groups is 2. The number of carbonyl (C=O) groups excluding carboxylic acids is 2. The predicted molar refractivity (Wildman–Crippen MR) is 149 cm³/mol. The Labute approximate surface area is 229 Å². The number of methoxy groups -OCH3 is 1. The number of nitrogens with zero attached hydrogens (tertiary/aromatic N) is 2. The van der Waals surface area contributed by atoms with Gasteiger partial charge in [-0.3, -0.25) is 13.9 Å². The van der Waals surface area contributed by atoms with Crippen LogP contribution in [0.15, 0.2) is 42.5 Å². The zero-order valence-electron chi connectivity index (χ0n) is 21.8. The van der Waals surface area contributed by atoms with Gasteiger partial charge in [0.2, 0.25) is 21.8 Å². The summed E-state index contributed by atoms with van der Waals surface area (Å²) in [5, 5.41) is 3.63. The van der Waals surface area contributed by atoms with Gasteiger partial charge in [0.1, 0.15) is 11.8 Å². The van der Waals surface area contributed by atoms with Crippen LogP contribution >= 0.6 is 23.2 Å². The Hall–Kier alpha value is -2.49. The highest BCUT2D eigenvalue weighted by Gasteiger charge is 2.29. The number of amides is 2. The molecule has 204 valence electrons. The van der Waals surface area contributed by atoms with Gasteiger partial charge in [-0.2, -0.15) is 0 Å². The third-order valence-electron chi connectivity index (χ3n) is 5.67. The average Bonchev–Trinajstić information content (AvgIpc) is 2.82. The van der Waals surface area contributed by atoms with Gasteiger partial charge in [0.25, 0.3) is 0 Å². The minimum atomic E-state index is -3.58. The largest absolute Gasteiger partial charge is 0.497 e. The first kappa shape index (κ1) is 30.7. The lowest BCUT2D eigenvalue weighted by Gasteiger charge is -2.31. The van der Waals surface area contributed by atoms with Gasteiger partial charge in [-0.05, 0) is 68.7 Å². The maximum atomic E-state index is 13.4. The Morgan fingerprint density at radius 3 is 2.22 bits per heavy atom. The first-order valence-electron chi connectivity index (χ1n) is 12.0. The SMILES string of the molecule is CC[C@@H](C(=O)NC(C)C)N(Cc1ccc(Cl)c(Cl)c1)C(=O)CCCN(c1ccc(OC)cc1)S(C)(=O)=O. The lowest BCUT2D eigenvalue weighted by Crippen LogP contribution is -2.50. The van der Waals surface area contributed by atoms with Gasteiger partial charge >= 0.3 is 0 Å². The number of nitrogens with one attached hydrogen (secondary N) is 1. The van der Waals surface area contributed by atoms with E-state index in [0.717, 1.165) is 11.8 Å². The van der Waals surface area contributed by atoms with Crippen LogP contribution in [0.2, 0.25) is 10.0 Å². The van der Waals surface area contributed by atoms with Crippen molar-refractivity contribution in [2.75, 3.05) is 24.2 Å². The highest BCUT2D eigenvalue weighted by atomic mass is 35.5. The molecule has 0 heterocycles. The fraction of sp³-hybridized carbons (Fsp3) is 0.462. The number of hydrogen-bond donors (Lipinski definition) is 1. The maximum Gasteiger partial charge on any atom is 0.243 e. The normalized spacial score (nSPS) is 12.2. The Balaban J connectivity index is 2.23. The van der Waals surface area contributed by atoms with E-state index >= 15 is 0 Å². The molecule has 0 saturated carbocycles. The number of halogens is 2. The molecule has 0 saturated heterocycles. The molecule has 0 aromatic heterocycles. The molecular weight excluding hydrogens is 537 g/mol. The molecule has 0 fully saturated rings. The van der Waals surface area contributed by atoms with Crippen LogP contribution < -0.4 is 14.4 Å². The van der Waals surface area contributed by atoms with Crippen molar-refractivity contribution in [3.63, 3.8) is 0 Å². The van der Waals surface area contributed by atoms with Gasteiger partial charge in [0, 0.05) is 25.6 Å². The van der Waals surface area contributed by atoms with E-state index in [1.807, 2.05) is 20.8 Å². The molecule has 8 nitrogen and oxygen atoms in total. The first-order valence-corrected chi connectivity index (χ1v) is 14.6. The highest BCUT2D eigenvalue weighted by Crippen LogP contribution is 2.25. The van der Waals surface area contributed by atoms with Gasteiger partial charge in [-0.1, -0.05) is 36.2 Å². The van der Waals surface area contributed by atoms with Crippen LogP contribution in [-0.4, -0.2) is 57.1 Å². The molecule has 0 aliphatic carbocycles. The van der Waals surface area contributed by atoms with Crippen LogP contribution in [0.5, 0.6) is 5.75 Å². The monoisotopic (exact) mass is 571 g/mol. The van der Waals surface area contributed by atoms with Crippen LogP contribution in [0.25, 0.3) is 0 Å². The second-order valence-corrected chi connectivity index (χ2v) is 11.7. The van der Waals surface area contributed by atoms with Crippen LogP contribution in [0.3, 0.4) is 0 Å². The summed E-state index contributed by atoms with van der Waals surface area (Å²) in [6.45, 7) is 5.82. The summed E-state index contributed by atoms with van der Waals surface area (Å²) in [5.74, 6) is 0.0949. The zero-order valence-corrected chi connectivity index (χ0v) is 24.2. The maximum absolute atomic E-state index is 13.4. The Bertz CT molecular complexity index is 1170. The van der Waals surface area contributed by atoms with Gasteiger partial charge in [-0.25, -0.2) is 8.42 Å². The second kappa shape index (κ2) is 13.9. The Kier molecular flexibility index (Phi) is 11.5. The third kappa shape index (κ3) is 9.09. The molecule has 0 unspecified atom stereocenters. The van der Waals surface area contributed by atoms with Gasteiger partial charge in [0.15, 0.2) is 0 Å². The van der Waals surface area contributed by atoms with Crippen LogP contribution in [0.1, 0.15) is 45.6 Å². The molecule has 2 aromatic rings. The average molecular weight is 573 g/mol. The van der Waals surface area contributed by atoms with Crippen molar-refractivity contribution in [2.24, 2.45) is 0 Å². The molecule has 1 atom stereocenters. The van der Waals surface area contributed by atoms with Gasteiger partial charge < -0.3 is 15.0 Å². The molecule has 2 amide bonds. The van der Waals surface area contributed by atoms with E-state index in [9.17, 15) is 18.0 Å². The number of hydrogen-bond acceptors (Lipinski definition) is 5. The molecule has 0 aliphatic heterocycles. The number of benzene rings is 2. The van der Waals surface area contributed by atoms with E-state index in [1.165, 1.54) is 16.3 Å². The van der Waals surface area contributed by atoms with Crippen molar-refractivity contribution < 1.29 is 22.7 Å². The van der Waals surface area contributed by atoms with Gasteiger partial charge in [0.05, 0.1) is 29.1 Å². The van der Waals surface area contributed by atoms with E-state index in [4.69, 9.17) is 27.9 Å². The van der Waals surface area contributed by atoms with Crippen LogP contribution in [0, 0.1) is 0 Å². The zero-order chi connectivity index (χ0) is 27.8. The van der Waals surface area contributed by atoms with E-state index in [2.05, 4.69) is 5.32 Å². The molecule has 37 heavy (non-hydrogen) atoms. The number of anilines is 1. The topological polar surface area (TPSA) is 96.0 Å². The molecule has 0 aliphatic rings. The summed E-state index contributed by atoms with van der Waals surface area (Å²) in [6, 6.07) is 11.0. The lowest BCUT2D eigenvalue weighted by atomic mass is 10.1. The summed E-state index contributed by atoms with van der Waals surface area (Å²) in [6.07, 6.45) is 1.85. The molecule has 2 aromatic carbocycles. The number of sulfonamides is 1. The minimum Gasteiger partial charge on any atom is -0.497 e. The van der Waals surface area contributed by atoms with Crippen molar-refractivity contribution >= 4 is 50.7 Å². The highest BCUT2D eigenvalue weighted by molar-refractivity contribution is 7.92. The minimum absolute atomic E-state index is 0.0506. The molecule has 11 heteroatoms. The molecular formula is C26H35Cl2N3O5S. The molecule has 1 N–H and O–H groups in total. The summed E-state index contributed by atoms with van der Waals surface area (Å²) in [4.78, 5) is 27.9. The van der Waals surface area contributed by atoms with E-state index in [-0.39, 0.29) is 43.8 Å². The summed E-state index contributed by atoms with van der Waals surface area (Å²) in [7, 11) is -2.05.